The molecule has 12 heteroatoms. The Kier molecular flexibility index (Phi) is 4.98. The van der Waals surface area contributed by atoms with E-state index >= 15 is 0 Å². The Morgan fingerprint density at radius 1 is 1.25 bits per heavy atom. The Labute approximate surface area is 137 Å². The molecule has 0 aliphatic rings. The number of hydrogen-bond donors (Lipinski definition) is 4. The zero-order chi connectivity index (χ0) is 18.3. The van der Waals surface area contributed by atoms with Gasteiger partial charge >= 0.3 is 15.2 Å². The van der Waals surface area contributed by atoms with Crippen molar-refractivity contribution in [2.24, 2.45) is 0 Å². The van der Waals surface area contributed by atoms with Gasteiger partial charge in [-0.2, -0.15) is 10.4 Å². The third-order valence-electron chi connectivity index (χ3n) is 3.51. The monoisotopic (exact) mass is 374 g/mol. The van der Waals surface area contributed by atoms with Crippen LogP contribution in [0.15, 0.2) is 6.07 Å². The normalized spacial score (nSPS) is 12.8. The zero-order valence-electron chi connectivity index (χ0n) is 12.9. The van der Waals surface area contributed by atoms with Crippen molar-refractivity contribution in [2.45, 2.75) is 32.1 Å². The standard InChI is InChI=1S/C12H16N4O6P2/c1-7-5-9(3-4-11(23(17,18)19)24(20,21)22)16-12(14-7)10(6-13)8(2)15-16/h5,11H,3-4H2,1-2H3,(H2,17,18,19)(H2,20,21,22). The second kappa shape index (κ2) is 6.37. The van der Waals surface area contributed by atoms with E-state index < -0.39 is 27.0 Å². The minimum atomic E-state index is -4.98. The first-order chi connectivity index (χ1) is 10.9. The Balaban J connectivity index is 2.46. The predicted molar refractivity (Wildman–Crippen MR) is 83.4 cm³/mol. The molecule has 0 unspecified atom stereocenters. The number of rotatable bonds is 5. The SMILES string of the molecule is Cc1cc(CCC(P(=O)(O)O)P(=O)(O)O)n2nc(C)c(C#N)c2n1. The molecular formula is C12H16N4O6P2. The van der Waals surface area contributed by atoms with Crippen molar-refractivity contribution in [3.8, 4) is 6.07 Å². The molecule has 0 atom stereocenters. The maximum atomic E-state index is 11.4. The number of nitrogens with zero attached hydrogens (tertiary/aromatic N) is 4. The molecule has 10 nitrogen and oxygen atoms in total. The van der Waals surface area contributed by atoms with Gasteiger partial charge in [-0.25, -0.2) is 9.50 Å². The first kappa shape index (κ1) is 18.7. The second-order valence-corrected chi connectivity index (χ2v) is 9.40. The van der Waals surface area contributed by atoms with E-state index in [9.17, 15) is 28.7 Å². The van der Waals surface area contributed by atoms with Gasteiger partial charge in [0.2, 0.25) is 0 Å². The van der Waals surface area contributed by atoms with Gasteiger partial charge in [-0.15, -0.1) is 0 Å². The summed E-state index contributed by atoms with van der Waals surface area (Å²) in [7, 11) is -9.95. The van der Waals surface area contributed by atoms with E-state index in [1.54, 1.807) is 19.9 Å². The van der Waals surface area contributed by atoms with Crippen LogP contribution in [0, 0.1) is 25.2 Å². The van der Waals surface area contributed by atoms with Crippen LogP contribution >= 0.6 is 15.2 Å². The van der Waals surface area contributed by atoms with Crippen LogP contribution in [-0.2, 0) is 15.6 Å². The molecule has 2 heterocycles. The highest BCUT2D eigenvalue weighted by atomic mass is 31.2. The molecule has 0 bridgehead atoms. The quantitative estimate of drug-likeness (QED) is 0.554. The number of aromatic nitrogens is 3. The van der Waals surface area contributed by atoms with Crippen LogP contribution in [0.25, 0.3) is 5.65 Å². The highest BCUT2D eigenvalue weighted by Gasteiger charge is 2.42. The van der Waals surface area contributed by atoms with Gasteiger partial charge in [0, 0.05) is 11.4 Å². The lowest BCUT2D eigenvalue weighted by atomic mass is 10.2. The van der Waals surface area contributed by atoms with Crippen molar-refractivity contribution in [3.63, 3.8) is 0 Å². The molecule has 0 fully saturated rings. The zero-order valence-corrected chi connectivity index (χ0v) is 14.6. The van der Waals surface area contributed by atoms with E-state index in [0.717, 1.165) is 0 Å². The molecule has 0 amide bonds. The van der Waals surface area contributed by atoms with Crippen LogP contribution in [-0.4, -0.2) is 39.6 Å². The molecule has 2 rings (SSSR count). The summed E-state index contributed by atoms with van der Waals surface area (Å²) in [6, 6.07) is 3.59. The molecule has 2 aromatic rings. The van der Waals surface area contributed by atoms with Crippen LogP contribution in [0.5, 0.6) is 0 Å². The van der Waals surface area contributed by atoms with Gasteiger partial charge in [-0.1, -0.05) is 0 Å². The molecule has 0 radical (unpaired) electrons. The van der Waals surface area contributed by atoms with Crippen molar-refractivity contribution in [1.29, 1.82) is 5.26 Å². The van der Waals surface area contributed by atoms with Crippen molar-refractivity contribution >= 4 is 20.8 Å². The van der Waals surface area contributed by atoms with Crippen LogP contribution in [0.4, 0.5) is 0 Å². The summed E-state index contributed by atoms with van der Waals surface area (Å²) >= 11 is 0. The number of fused-ring (bicyclic) bond motifs is 1. The number of aryl methyl sites for hydroxylation is 3. The third-order valence-corrected chi connectivity index (χ3v) is 7.39. The van der Waals surface area contributed by atoms with Gasteiger partial charge in [0.1, 0.15) is 11.6 Å². The summed E-state index contributed by atoms with van der Waals surface area (Å²) in [5.41, 5.74) is 2.03. The average Bonchev–Trinajstić information content (AvgIpc) is 2.71. The van der Waals surface area contributed by atoms with E-state index in [2.05, 4.69) is 10.1 Å². The summed E-state index contributed by atoms with van der Waals surface area (Å²) in [6.07, 6.45) is -0.485. The molecule has 0 aliphatic heterocycles. The van der Waals surface area contributed by atoms with E-state index in [0.29, 0.717) is 22.7 Å². The first-order valence-electron chi connectivity index (χ1n) is 6.81. The highest BCUT2D eigenvalue weighted by Crippen LogP contribution is 2.61. The fraction of sp³-hybridized carbons (Fsp3) is 0.417. The first-order valence-corrected chi connectivity index (χ1v) is 10.2. The summed E-state index contributed by atoms with van der Waals surface area (Å²) in [5, 5.41) is 11.3. The summed E-state index contributed by atoms with van der Waals surface area (Å²) in [6.45, 7) is 3.30. The van der Waals surface area contributed by atoms with Gasteiger partial charge in [0.15, 0.2) is 11.0 Å². The lowest BCUT2D eigenvalue weighted by molar-refractivity contribution is 0.335. The third kappa shape index (κ3) is 3.73. The van der Waals surface area contributed by atoms with E-state index in [1.165, 1.54) is 4.52 Å². The van der Waals surface area contributed by atoms with Gasteiger partial charge in [-0.05, 0) is 32.8 Å². The van der Waals surface area contributed by atoms with E-state index in [-0.39, 0.29) is 12.0 Å². The molecule has 0 saturated carbocycles. The Morgan fingerprint density at radius 3 is 2.33 bits per heavy atom. The van der Waals surface area contributed by atoms with Gasteiger partial charge in [0.25, 0.3) is 0 Å². The van der Waals surface area contributed by atoms with Gasteiger partial charge < -0.3 is 19.6 Å². The fourth-order valence-corrected chi connectivity index (χ4v) is 4.94. The Morgan fingerprint density at radius 2 is 1.83 bits per heavy atom. The molecule has 0 spiro atoms. The second-order valence-electron chi connectivity index (χ2n) is 5.39. The van der Waals surface area contributed by atoms with Crippen molar-refractivity contribution in [3.05, 3.63) is 28.7 Å². The maximum Gasteiger partial charge on any atom is 0.340 e. The van der Waals surface area contributed by atoms with Gasteiger partial charge in [-0.3, -0.25) is 9.13 Å². The Hall–Kier alpha value is -1.59. The largest absolute Gasteiger partial charge is 0.340 e. The molecule has 0 saturated heterocycles. The van der Waals surface area contributed by atoms with Crippen LogP contribution < -0.4 is 0 Å². The molecule has 0 aromatic carbocycles. The molecule has 130 valence electrons. The predicted octanol–water partition coefficient (Wildman–Crippen LogP) is 0.832. The minimum Gasteiger partial charge on any atom is -0.324 e. The van der Waals surface area contributed by atoms with Crippen LogP contribution in [0.3, 0.4) is 0 Å². The van der Waals surface area contributed by atoms with Crippen molar-refractivity contribution < 1.29 is 28.7 Å². The number of hydrogen-bond acceptors (Lipinski definition) is 5. The highest BCUT2D eigenvalue weighted by molar-refractivity contribution is 7.70. The Bertz CT molecular complexity index is 900. The summed E-state index contributed by atoms with van der Waals surface area (Å²) < 4.78 is 24.1. The fourth-order valence-electron chi connectivity index (χ4n) is 2.44. The minimum absolute atomic E-state index is 0.0489. The average molecular weight is 374 g/mol. The molecule has 2 aromatic heterocycles. The smallest absolute Gasteiger partial charge is 0.324 e. The van der Waals surface area contributed by atoms with Crippen molar-refractivity contribution in [1.82, 2.24) is 14.6 Å². The van der Waals surface area contributed by atoms with E-state index in [4.69, 9.17) is 5.26 Å². The molecular weight excluding hydrogens is 358 g/mol. The van der Waals surface area contributed by atoms with Crippen molar-refractivity contribution in [2.75, 3.05) is 0 Å². The molecule has 4 N–H and O–H groups in total. The summed E-state index contributed by atoms with van der Waals surface area (Å²) in [5.74, 6) is 0. The topological polar surface area (TPSA) is 169 Å². The lowest BCUT2D eigenvalue weighted by Crippen LogP contribution is -2.12. The lowest BCUT2D eigenvalue weighted by Gasteiger charge is -2.19. The van der Waals surface area contributed by atoms with E-state index in [1.807, 2.05) is 6.07 Å². The van der Waals surface area contributed by atoms with Crippen LogP contribution in [0.1, 0.15) is 29.1 Å². The summed E-state index contributed by atoms with van der Waals surface area (Å²) in [4.78, 5) is 41.0. The maximum absolute atomic E-state index is 11.4. The molecule has 0 aliphatic carbocycles. The van der Waals surface area contributed by atoms with Gasteiger partial charge in [0.05, 0.1) is 5.69 Å². The molecule has 24 heavy (non-hydrogen) atoms. The number of nitriles is 1. The van der Waals surface area contributed by atoms with Crippen LogP contribution in [0.2, 0.25) is 0 Å².